The summed E-state index contributed by atoms with van der Waals surface area (Å²) in [5.41, 5.74) is 5.34. The maximum atomic E-state index is 12.8. The number of piperazine rings is 1. The number of hydrazine groups is 1. The Morgan fingerprint density at radius 1 is 0.978 bits per heavy atom. The molecule has 2 aliphatic rings. The van der Waals surface area contributed by atoms with Crippen molar-refractivity contribution in [3.63, 3.8) is 0 Å². The van der Waals surface area contributed by atoms with E-state index >= 15 is 0 Å². The van der Waals surface area contributed by atoms with Gasteiger partial charge in [-0.1, -0.05) is 18.5 Å². The Kier molecular flexibility index (Phi) is 9.06. The number of hydrogen-bond acceptors (Lipinski definition) is 9. The summed E-state index contributed by atoms with van der Waals surface area (Å²) >= 11 is 6.02. The Bertz CT molecular complexity index is 1550. The van der Waals surface area contributed by atoms with Crippen LogP contribution in [0.1, 0.15) is 26.0 Å². The average Bonchev–Trinajstić information content (AvgIpc) is 3.73. The first-order valence-corrected chi connectivity index (χ1v) is 15.5. The number of hydrogen-bond donors (Lipinski definition) is 2. The zero-order valence-corrected chi connectivity index (χ0v) is 26.2. The molecule has 2 fully saturated rings. The van der Waals surface area contributed by atoms with Gasteiger partial charge in [-0.05, 0) is 74.0 Å². The van der Waals surface area contributed by atoms with Crippen LogP contribution in [0.25, 0.3) is 0 Å². The lowest BCUT2D eigenvalue weighted by atomic mass is 10.00. The molecule has 12 nitrogen and oxygen atoms in total. The number of nitrogens with one attached hydrogen (secondary N) is 1. The molecule has 0 radical (unpaired) electrons. The molecule has 236 valence electrons. The zero-order valence-electron chi connectivity index (χ0n) is 25.5. The summed E-state index contributed by atoms with van der Waals surface area (Å²) in [4.78, 5) is 27.6. The van der Waals surface area contributed by atoms with E-state index in [1.54, 1.807) is 33.1 Å². The second kappa shape index (κ2) is 13.3. The van der Waals surface area contributed by atoms with E-state index in [2.05, 4.69) is 49.3 Å². The number of rotatable bonds is 11. The van der Waals surface area contributed by atoms with Crippen molar-refractivity contribution >= 4 is 34.7 Å². The minimum atomic E-state index is -1.44. The number of nitrogens with zero attached hydrogens (tertiary/aromatic N) is 8. The predicted octanol–water partition coefficient (Wildman–Crippen LogP) is 4.12. The molecule has 0 bridgehead atoms. The van der Waals surface area contributed by atoms with E-state index in [4.69, 9.17) is 16.3 Å². The number of pyridine rings is 1. The molecule has 2 atom stereocenters. The fraction of sp³-hybridized carbons (Fsp3) is 0.375. The average molecular weight is 632 g/mol. The molecule has 2 N–H and O–H groups in total. The first-order chi connectivity index (χ1) is 21.8. The van der Waals surface area contributed by atoms with Gasteiger partial charge in [0.1, 0.15) is 25.0 Å². The van der Waals surface area contributed by atoms with E-state index in [9.17, 15) is 9.90 Å². The fourth-order valence-electron chi connectivity index (χ4n) is 5.60. The van der Waals surface area contributed by atoms with Crippen molar-refractivity contribution in [3.05, 3.63) is 90.2 Å². The van der Waals surface area contributed by atoms with Crippen LogP contribution >= 0.6 is 11.6 Å². The summed E-state index contributed by atoms with van der Waals surface area (Å²) in [5, 5.41) is 17.9. The molecule has 0 spiro atoms. The van der Waals surface area contributed by atoms with E-state index in [1.165, 1.54) is 12.5 Å². The number of amides is 2. The number of benzene rings is 2. The van der Waals surface area contributed by atoms with E-state index < -0.39 is 5.60 Å². The minimum Gasteiger partial charge on any atom is -0.490 e. The SMILES string of the molecule is CCC(C)N1NCN(c2ccc(N3CCN(c4ccc(OCC(O)(Cn5cncn5)c5ccc(Cl)cn5)cc4)CC3)cc2)C1=O. The minimum absolute atomic E-state index is 0.0110. The van der Waals surface area contributed by atoms with E-state index in [1.807, 2.05) is 43.3 Å². The van der Waals surface area contributed by atoms with Gasteiger partial charge in [0, 0.05) is 55.5 Å². The Labute approximate surface area is 267 Å². The molecule has 2 unspecified atom stereocenters. The summed E-state index contributed by atoms with van der Waals surface area (Å²) in [5.74, 6) is 0.641. The number of ether oxygens (including phenoxy) is 1. The van der Waals surface area contributed by atoms with Gasteiger partial charge in [-0.15, -0.1) is 0 Å². The summed E-state index contributed by atoms with van der Waals surface area (Å²) < 4.78 is 7.60. The number of carbonyl (C=O) groups excluding carboxylic acids is 1. The normalized spacial score (nSPS) is 17.5. The van der Waals surface area contributed by atoms with Crippen LogP contribution < -0.4 is 24.9 Å². The molecule has 2 saturated heterocycles. The Balaban J connectivity index is 1.03. The summed E-state index contributed by atoms with van der Waals surface area (Å²) in [7, 11) is 0. The zero-order chi connectivity index (χ0) is 31.4. The molecule has 4 aromatic rings. The number of anilines is 3. The maximum Gasteiger partial charge on any atom is 0.340 e. The van der Waals surface area contributed by atoms with Gasteiger partial charge in [-0.2, -0.15) is 5.10 Å². The molecule has 0 aliphatic carbocycles. The third-order valence-corrected chi connectivity index (χ3v) is 8.67. The smallest absolute Gasteiger partial charge is 0.340 e. The van der Waals surface area contributed by atoms with Gasteiger partial charge in [0.15, 0.2) is 5.60 Å². The standard InChI is InChI=1S/C32H38ClN9O3/c1-3-24(2)42-31(43)41(23-37-42)28-7-5-26(6-8-28)38-14-16-39(17-15-38)27-9-11-29(12-10-27)45-20-32(44,19-40-22-34-21-36-40)30-13-4-25(33)18-35-30/h4-13,18,21-22,24,37,44H,3,14-17,19-20,23H2,1-2H3. The molecule has 6 rings (SSSR count). The van der Waals surface area contributed by atoms with Gasteiger partial charge < -0.3 is 19.6 Å². The van der Waals surface area contributed by atoms with E-state index in [-0.39, 0.29) is 25.2 Å². The lowest BCUT2D eigenvalue weighted by Gasteiger charge is -2.37. The van der Waals surface area contributed by atoms with E-state index in [0.717, 1.165) is 49.7 Å². The van der Waals surface area contributed by atoms with Gasteiger partial charge in [-0.3, -0.25) is 14.9 Å². The molecule has 2 aliphatic heterocycles. The summed E-state index contributed by atoms with van der Waals surface area (Å²) in [6, 6.07) is 19.7. The second-order valence-corrected chi connectivity index (χ2v) is 11.8. The van der Waals surface area contributed by atoms with Crippen LogP contribution in [0.3, 0.4) is 0 Å². The van der Waals surface area contributed by atoms with Gasteiger partial charge in [0.25, 0.3) is 0 Å². The number of aromatic nitrogens is 4. The fourth-order valence-corrected chi connectivity index (χ4v) is 5.71. The third kappa shape index (κ3) is 6.82. The van der Waals surface area contributed by atoms with Crippen LogP contribution in [0.4, 0.5) is 21.9 Å². The Hall–Kier alpha value is -4.39. The quantitative estimate of drug-likeness (QED) is 0.252. The van der Waals surface area contributed by atoms with Gasteiger partial charge in [0.2, 0.25) is 0 Å². The topological polar surface area (TPSA) is 115 Å². The number of urea groups is 1. The monoisotopic (exact) mass is 631 g/mol. The lowest BCUT2D eigenvalue weighted by molar-refractivity contribution is -0.0305. The molecule has 2 aromatic heterocycles. The van der Waals surface area contributed by atoms with Crippen LogP contribution in [0, 0.1) is 0 Å². The van der Waals surface area contributed by atoms with Crippen molar-refractivity contribution in [2.45, 2.75) is 38.5 Å². The van der Waals surface area contributed by atoms with Crippen LogP contribution in [-0.4, -0.2) is 81.4 Å². The molecular weight excluding hydrogens is 594 g/mol. The first-order valence-electron chi connectivity index (χ1n) is 15.2. The molecule has 13 heteroatoms. The molecule has 45 heavy (non-hydrogen) atoms. The molecular formula is C32H38ClN9O3. The Morgan fingerprint density at radius 3 is 2.20 bits per heavy atom. The molecule has 2 amide bonds. The van der Waals surface area contributed by atoms with Crippen molar-refractivity contribution in [1.29, 1.82) is 0 Å². The highest BCUT2D eigenvalue weighted by molar-refractivity contribution is 6.30. The van der Waals surface area contributed by atoms with Crippen molar-refractivity contribution in [2.75, 3.05) is 54.2 Å². The van der Waals surface area contributed by atoms with E-state index in [0.29, 0.717) is 23.1 Å². The highest BCUT2D eigenvalue weighted by atomic mass is 35.5. The predicted molar refractivity (Wildman–Crippen MR) is 173 cm³/mol. The first kappa shape index (κ1) is 30.6. The highest BCUT2D eigenvalue weighted by Gasteiger charge is 2.34. The van der Waals surface area contributed by atoms with Gasteiger partial charge in [0.05, 0.1) is 23.9 Å². The lowest BCUT2D eigenvalue weighted by Crippen LogP contribution is -2.46. The second-order valence-electron chi connectivity index (χ2n) is 11.4. The van der Waals surface area contributed by atoms with Crippen molar-refractivity contribution in [2.24, 2.45) is 0 Å². The summed E-state index contributed by atoms with van der Waals surface area (Å²) in [6.45, 7) is 8.21. The van der Waals surface area contributed by atoms with Gasteiger partial charge >= 0.3 is 6.03 Å². The van der Waals surface area contributed by atoms with Crippen LogP contribution in [-0.2, 0) is 12.1 Å². The van der Waals surface area contributed by atoms with Crippen LogP contribution in [0.15, 0.2) is 79.5 Å². The molecule has 2 aromatic carbocycles. The van der Waals surface area contributed by atoms with Crippen LogP contribution in [0.5, 0.6) is 5.75 Å². The highest BCUT2D eigenvalue weighted by Crippen LogP contribution is 2.28. The maximum absolute atomic E-state index is 12.8. The van der Waals surface area contributed by atoms with Crippen LogP contribution in [0.2, 0.25) is 5.02 Å². The molecule has 4 heterocycles. The van der Waals surface area contributed by atoms with Gasteiger partial charge in [-0.25, -0.2) is 19.9 Å². The largest absolute Gasteiger partial charge is 0.490 e. The van der Waals surface area contributed by atoms with Crippen molar-refractivity contribution in [1.82, 2.24) is 30.2 Å². The molecule has 0 saturated carbocycles. The van der Waals surface area contributed by atoms with Crippen molar-refractivity contribution in [3.8, 4) is 5.75 Å². The number of aliphatic hydroxyl groups is 1. The van der Waals surface area contributed by atoms with Crippen molar-refractivity contribution < 1.29 is 14.6 Å². The number of carbonyl (C=O) groups is 1. The Morgan fingerprint density at radius 2 is 1.62 bits per heavy atom. The number of halogens is 1. The summed E-state index contributed by atoms with van der Waals surface area (Å²) in [6.07, 6.45) is 5.36. The third-order valence-electron chi connectivity index (χ3n) is 8.45.